The van der Waals surface area contributed by atoms with Crippen LogP contribution in [-0.2, 0) is 0 Å². The normalized spacial score (nSPS) is 36.2. The van der Waals surface area contributed by atoms with E-state index >= 15 is 0 Å². The molecule has 2 saturated heterocycles. The average molecular weight is 223 g/mol. The standard InChI is InChI=1S/C14H25NO/c1-3-4-5-6-14(16)11-9-12-7-8-13(10-11)15(12)2/h3,11-14,16H,1,4-10H2,2H3. The number of fused-ring (bicyclic) bond motifs is 2. The van der Waals surface area contributed by atoms with Crippen LogP contribution in [0.2, 0.25) is 0 Å². The highest BCUT2D eigenvalue weighted by molar-refractivity contribution is 4.95. The van der Waals surface area contributed by atoms with Crippen molar-refractivity contribution in [1.29, 1.82) is 0 Å². The molecule has 0 aliphatic carbocycles. The van der Waals surface area contributed by atoms with Crippen molar-refractivity contribution in [3.8, 4) is 0 Å². The SMILES string of the molecule is C=CCCCC(O)C1CC2CCC(C1)N2C. The molecule has 0 radical (unpaired) electrons. The van der Waals surface area contributed by atoms with E-state index in [9.17, 15) is 5.11 Å². The molecule has 2 fully saturated rings. The molecule has 2 aliphatic heterocycles. The summed E-state index contributed by atoms with van der Waals surface area (Å²) in [4.78, 5) is 2.53. The van der Waals surface area contributed by atoms with Crippen molar-refractivity contribution in [3.05, 3.63) is 12.7 Å². The lowest BCUT2D eigenvalue weighted by Gasteiger charge is -2.38. The molecule has 2 nitrogen and oxygen atoms in total. The van der Waals surface area contributed by atoms with Gasteiger partial charge in [0.25, 0.3) is 0 Å². The van der Waals surface area contributed by atoms with Gasteiger partial charge in [-0.25, -0.2) is 0 Å². The van der Waals surface area contributed by atoms with Crippen molar-refractivity contribution in [2.45, 2.75) is 63.1 Å². The van der Waals surface area contributed by atoms with Crippen LogP contribution in [0.25, 0.3) is 0 Å². The highest BCUT2D eigenvalue weighted by Gasteiger charge is 2.40. The van der Waals surface area contributed by atoms with Crippen LogP contribution in [0.1, 0.15) is 44.9 Å². The Morgan fingerprint density at radius 2 is 2.00 bits per heavy atom. The van der Waals surface area contributed by atoms with Gasteiger partial charge in [-0.05, 0) is 57.9 Å². The molecule has 1 N–H and O–H groups in total. The first-order chi connectivity index (χ1) is 7.72. The number of hydrogen-bond acceptors (Lipinski definition) is 2. The van der Waals surface area contributed by atoms with Crippen LogP contribution < -0.4 is 0 Å². The Hall–Kier alpha value is -0.340. The van der Waals surface area contributed by atoms with Crippen molar-refractivity contribution >= 4 is 0 Å². The summed E-state index contributed by atoms with van der Waals surface area (Å²) in [5.41, 5.74) is 0. The fourth-order valence-corrected chi connectivity index (χ4v) is 3.47. The Labute approximate surface area is 99.3 Å². The van der Waals surface area contributed by atoms with Crippen LogP contribution in [0, 0.1) is 5.92 Å². The van der Waals surface area contributed by atoms with Gasteiger partial charge in [0.05, 0.1) is 6.10 Å². The van der Waals surface area contributed by atoms with Gasteiger partial charge in [0.1, 0.15) is 0 Å². The molecular formula is C14H25NO. The molecule has 3 unspecified atom stereocenters. The van der Waals surface area contributed by atoms with Gasteiger partial charge in [0.15, 0.2) is 0 Å². The van der Waals surface area contributed by atoms with Gasteiger partial charge in [0.2, 0.25) is 0 Å². The van der Waals surface area contributed by atoms with Crippen molar-refractivity contribution < 1.29 is 5.11 Å². The molecule has 2 heterocycles. The summed E-state index contributed by atoms with van der Waals surface area (Å²) in [6.07, 6.45) is 10.1. The predicted octanol–water partition coefficient (Wildman–Crippen LogP) is 2.58. The largest absolute Gasteiger partial charge is 0.393 e. The maximum atomic E-state index is 10.2. The molecule has 92 valence electrons. The zero-order valence-corrected chi connectivity index (χ0v) is 10.4. The van der Waals surface area contributed by atoms with Crippen molar-refractivity contribution in [2.24, 2.45) is 5.92 Å². The number of unbranched alkanes of at least 4 members (excludes halogenated alkanes) is 1. The molecular weight excluding hydrogens is 198 g/mol. The van der Waals surface area contributed by atoms with Crippen molar-refractivity contribution in [1.82, 2.24) is 4.90 Å². The van der Waals surface area contributed by atoms with Crippen LogP contribution in [0.5, 0.6) is 0 Å². The van der Waals surface area contributed by atoms with E-state index in [1.54, 1.807) is 0 Å². The van der Waals surface area contributed by atoms with Gasteiger partial charge in [-0.2, -0.15) is 0 Å². The molecule has 0 aromatic carbocycles. The Bertz CT molecular complexity index is 227. The molecule has 0 spiro atoms. The summed E-state index contributed by atoms with van der Waals surface area (Å²) in [5, 5.41) is 10.2. The third-order valence-corrected chi connectivity index (χ3v) is 4.59. The average Bonchev–Trinajstić information content (AvgIpc) is 2.53. The van der Waals surface area contributed by atoms with Gasteiger partial charge in [-0.1, -0.05) is 6.08 Å². The summed E-state index contributed by atoms with van der Waals surface area (Å²) >= 11 is 0. The second-order valence-corrected chi connectivity index (χ2v) is 5.57. The van der Waals surface area contributed by atoms with Crippen LogP contribution >= 0.6 is 0 Å². The minimum atomic E-state index is -0.0725. The molecule has 2 bridgehead atoms. The first-order valence-corrected chi connectivity index (χ1v) is 6.73. The van der Waals surface area contributed by atoms with Crippen LogP contribution in [-0.4, -0.2) is 35.2 Å². The molecule has 0 saturated carbocycles. The Morgan fingerprint density at radius 3 is 2.56 bits per heavy atom. The van der Waals surface area contributed by atoms with Gasteiger partial charge < -0.3 is 10.0 Å². The second-order valence-electron chi connectivity index (χ2n) is 5.57. The number of rotatable bonds is 5. The Kier molecular flexibility index (Phi) is 4.04. The minimum Gasteiger partial charge on any atom is -0.393 e. The monoisotopic (exact) mass is 223 g/mol. The first-order valence-electron chi connectivity index (χ1n) is 6.73. The van der Waals surface area contributed by atoms with E-state index in [-0.39, 0.29) is 6.10 Å². The zero-order valence-electron chi connectivity index (χ0n) is 10.4. The van der Waals surface area contributed by atoms with Crippen LogP contribution in [0.4, 0.5) is 0 Å². The molecule has 0 aromatic heterocycles. The second kappa shape index (κ2) is 5.33. The Morgan fingerprint density at radius 1 is 1.38 bits per heavy atom. The molecule has 2 rings (SSSR count). The Balaban J connectivity index is 1.80. The van der Waals surface area contributed by atoms with E-state index in [1.165, 1.54) is 25.7 Å². The van der Waals surface area contributed by atoms with E-state index in [4.69, 9.17) is 0 Å². The van der Waals surface area contributed by atoms with E-state index in [0.29, 0.717) is 5.92 Å². The molecule has 0 amide bonds. The van der Waals surface area contributed by atoms with Gasteiger partial charge >= 0.3 is 0 Å². The lowest BCUT2D eigenvalue weighted by molar-refractivity contribution is 0.0309. The smallest absolute Gasteiger partial charge is 0.0569 e. The maximum absolute atomic E-state index is 10.2. The third-order valence-electron chi connectivity index (χ3n) is 4.59. The van der Waals surface area contributed by atoms with E-state index in [2.05, 4.69) is 18.5 Å². The van der Waals surface area contributed by atoms with Crippen LogP contribution in [0.15, 0.2) is 12.7 Å². The lowest BCUT2D eigenvalue weighted by Crippen LogP contribution is -2.43. The van der Waals surface area contributed by atoms with Crippen molar-refractivity contribution in [2.75, 3.05) is 7.05 Å². The topological polar surface area (TPSA) is 23.5 Å². The van der Waals surface area contributed by atoms with Gasteiger partial charge in [-0.3, -0.25) is 0 Å². The number of aliphatic hydroxyl groups is 1. The van der Waals surface area contributed by atoms with E-state index in [0.717, 1.165) is 31.3 Å². The van der Waals surface area contributed by atoms with E-state index < -0.39 is 0 Å². The quantitative estimate of drug-likeness (QED) is 0.572. The number of hydrogen-bond donors (Lipinski definition) is 1. The first kappa shape index (κ1) is 12.1. The fraction of sp³-hybridized carbons (Fsp3) is 0.857. The summed E-state index contributed by atoms with van der Waals surface area (Å²) < 4.78 is 0. The predicted molar refractivity (Wildman–Crippen MR) is 67.4 cm³/mol. The molecule has 2 heteroatoms. The number of allylic oxidation sites excluding steroid dienone is 1. The van der Waals surface area contributed by atoms with Gasteiger partial charge in [-0.15, -0.1) is 6.58 Å². The summed E-state index contributed by atoms with van der Waals surface area (Å²) in [6, 6.07) is 1.50. The number of aliphatic hydroxyl groups excluding tert-OH is 1. The highest BCUT2D eigenvalue weighted by Crippen LogP contribution is 2.39. The molecule has 16 heavy (non-hydrogen) atoms. The minimum absolute atomic E-state index is 0.0725. The van der Waals surface area contributed by atoms with E-state index in [1.807, 2.05) is 6.08 Å². The molecule has 0 aromatic rings. The molecule has 3 atom stereocenters. The zero-order chi connectivity index (χ0) is 11.5. The maximum Gasteiger partial charge on any atom is 0.0569 e. The number of piperidine rings is 1. The molecule has 2 aliphatic rings. The third kappa shape index (κ3) is 2.49. The summed E-state index contributed by atoms with van der Waals surface area (Å²) in [6.45, 7) is 3.73. The highest BCUT2D eigenvalue weighted by atomic mass is 16.3. The lowest BCUT2D eigenvalue weighted by atomic mass is 9.85. The fourth-order valence-electron chi connectivity index (χ4n) is 3.47. The summed E-state index contributed by atoms with van der Waals surface area (Å²) in [7, 11) is 2.25. The van der Waals surface area contributed by atoms with Crippen molar-refractivity contribution in [3.63, 3.8) is 0 Å². The van der Waals surface area contributed by atoms with Gasteiger partial charge in [0, 0.05) is 12.1 Å². The van der Waals surface area contributed by atoms with Crippen LogP contribution in [0.3, 0.4) is 0 Å². The number of nitrogens with zero attached hydrogens (tertiary/aromatic N) is 1. The summed E-state index contributed by atoms with van der Waals surface area (Å²) in [5.74, 6) is 0.554.